The summed E-state index contributed by atoms with van der Waals surface area (Å²) >= 11 is 0. The van der Waals surface area contributed by atoms with Gasteiger partial charge in [-0.05, 0) is 24.8 Å². The molecule has 0 spiro atoms. The van der Waals surface area contributed by atoms with Gasteiger partial charge in [-0.3, -0.25) is 5.10 Å². The van der Waals surface area contributed by atoms with Crippen LogP contribution in [0, 0.1) is 0 Å². The van der Waals surface area contributed by atoms with Crippen LogP contribution in [0.2, 0.25) is 0 Å². The fraction of sp³-hybridized carbons (Fsp3) is 0.357. The van der Waals surface area contributed by atoms with Gasteiger partial charge >= 0.3 is 0 Å². The molecule has 1 heterocycles. The average molecular weight is 229 g/mol. The van der Waals surface area contributed by atoms with Gasteiger partial charge in [0.15, 0.2) is 0 Å². The van der Waals surface area contributed by atoms with Crippen molar-refractivity contribution in [2.45, 2.75) is 32.6 Å². The number of nitrogens with one attached hydrogen (secondary N) is 1. The van der Waals surface area contributed by atoms with E-state index < -0.39 is 0 Å². The van der Waals surface area contributed by atoms with Crippen LogP contribution in [0.3, 0.4) is 0 Å². The summed E-state index contributed by atoms with van der Waals surface area (Å²) in [6, 6.07) is 10.5. The van der Waals surface area contributed by atoms with Crippen LogP contribution in [0.5, 0.6) is 0 Å². The molecule has 0 fully saturated rings. The Morgan fingerprint density at radius 3 is 2.59 bits per heavy atom. The molecule has 1 aromatic carbocycles. The van der Waals surface area contributed by atoms with E-state index in [1.54, 1.807) is 0 Å². The summed E-state index contributed by atoms with van der Waals surface area (Å²) in [7, 11) is 0. The molecule has 0 aliphatic heterocycles. The molecule has 0 saturated carbocycles. The van der Waals surface area contributed by atoms with E-state index in [-0.39, 0.29) is 0 Å². The first-order chi connectivity index (χ1) is 8.31. The molecule has 1 aromatic heterocycles. The smallest absolute Gasteiger partial charge is 0.148 e. The van der Waals surface area contributed by atoms with Gasteiger partial charge < -0.3 is 5.73 Å². The number of nitrogens with zero attached hydrogens (tertiary/aromatic N) is 1. The number of hydrogen-bond donors (Lipinski definition) is 2. The third kappa shape index (κ3) is 2.87. The first-order valence-electron chi connectivity index (χ1n) is 6.16. The maximum Gasteiger partial charge on any atom is 0.148 e. The third-order valence-corrected chi connectivity index (χ3v) is 2.99. The molecule has 0 unspecified atom stereocenters. The van der Waals surface area contributed by atoms with Gasteiger partial charge in [0.2, 0.25) is 0 Å². The van der Waals surface area contributed by atoms with Gasteiger partial charge in [-0.15, -0.1) is 0 Å². The Kier molecular flexibility index (Phi) is 3.81. The minimum atomic E-state index is 0.662. The molecule has 0 radical (unpaired) electrons. The summed E-state index contributed by atoms with van der Waals surface area (Å²) < 4.78 is 0. The highest BCUT2D eigenvalue weighted by atomic mass is 15.2. The second kappa shape index (κ2) is 5.53. The van der Waals surface area contributed by atoms with E-state index in [1.807, 2.05) is 6.07 Å². The molecular weight excluding hydrogens is 210 g/mol. The van der Waals surface area contributed by atoms with Crippen molar-refractivity contribution < 1.29 is 0 Å². The largest absolute Gasteiger partial charge is 0.382 e. The molecule has 0 aliphatic carbocycles. The zero-order valence-corrected chi connectivity index (χ0v) is 10.2. The third-order valence-electron chi connectivity index (χ3n) is 2.99. The minimum Gasteiger partial charge on any atom is -0.382 e. The molecule has 3 nitrogen and oxygen atoms in total. The van der Waals surface area contributed by atoms with Crippen molar-refractivity contribution in [3.05, 3.63) is 47.2 Å². The number of nitrogens with two attached hydrogens (primary N) is 1. The molecule has 17 heavy (non-hydrogen) atoms. The van der Waals surface area contributed by atoms with Crippen molar-refractivity contribution in [2.24, 2.45) is 0 Å². The summed E-state index contributed by atoms with van der Waals surface area (Å²) in [5.74, 6) is 0.662. The fourth-order valence-corrected chi connectivity index (χ4v) is 2.07. The average Bonchev–Trinajstić information content (AvgIpc) is 2.70. The lowest BCUT2D eigenvalue weighted by Crippen LogP contribution is -1.97. The lowest BCUT2D eigenvalue weighted by Gasteiger charge is -2.03. The number of aryl methyl sites for hydroxylation is 2. The normalized spacial score (nSPS) is 10.6. The van der Waals surface area contributed by atoms with Crippen LogP contribution in [0.25, 0.3) is 0 Å². The van der Waals surface area contributed by atoms with Crippen molar-refractivity contribution in [1.29, 1.82) is 0 Å². The van der Waals surface area contributed by atoms with Crippen molar-refractivity contribution >= 4 is 5.82 Å². The zero-order valence-electron chi connectivity index (χ0n) is 10.2. The topological polar surface area (TPSA) is 54.7 Å². The van der Waals surface area contributed by atoms with Crippen LogP contribution in [0.15, 0.2) is 30.3 Å². The zero-order chi connectivity index (χ0) is 12.1. The maximum absolute atomic E-state index is 5.85. The molecule has 0 amide bonds. The highest BCUT2D eigenvalue weighted by Gasteiger charge is 2.09. The van der Waals surface area contributed by atoms with Crippen LogP contribution in [-0.2, 0) is 19.3 Å². The van der Waals surface area contributed by atoms with Gasteiger partial charge in [0.05, 0.1) is 0 Å². The molecule has 0 aliphatic rings. The van der Waals surface area contributed by atoms with Gasteiger partial charge in [-0.1, -0.05) is 43.7 Å². The summed E-state index contributed by atoms with van der Waals surface area (Å²) in [5, 5.41) is 7.15. The first-order valence-corrected chi connectivity index (χ1v) is 6.16. The van der Waals surface area contributed by atoms with E-state index in [1.165, 1.54) is 16.8 Å². The molecule has 3 heteroatoms. The number of anilines is 1. The second-order valence-electron chi connectivity index (χ2n) is 4.30. The SMILES string of the molecule is CCCc1c(N)n[nH]c1CCc1ccccc1. The Morgan fingerprint density at radius 1 is 1.12 bits per heavy atom. The van der Waals surface area contributed by atoms with Crippen LogP contribution < -0.4 is 5.73 Å². The van der Waals surface area contributed by atoms with E-state index in [4.69, 9.17) is 5.73 Å². The Balaban J connectivity index is 2.04. The molecule has 90 valence electrons. The lowest BCUT2D eigenvalue weighted by molar-refractivity contribution is 0.853. The number of nitrogen functional groups attached to an aromatic ring is 1. The van der Waals surface area contributed by atoms with E-state index in [2.05, 4.69) is 41.4 Å². The highest BCUT2D eigenvalue weighted by molar-refractivity contribution is 5.42. The van der Waals surface area contributed by atoms with Gasteiger partial charge in [0, 0.05) is 11.3 Å². The summed E-state index contributed by atoms with van der Waals surface area (Å²) in [5.41, 5.74) is 9.59. The predicted molar refractivity (Wildman–Crippen MR) is 70.8 cm³/mol. The summed E-state index contributed by atoms with van der Waals surface area (Å²) in [6.07, 6.45) is 4.11. The number of benzene rings is 1. The Hall–Kier alpha value is -1.77. The number of aromatic amines is 1. The Bertz CT molecular complexity index is 460. The second-order valence-corrected chi connectivity index (χ2v) is 4.30. The number of rotatable bonds is 5. The van der Waals surface area contributed by atoms with Crippen LogP contribution in [-0.4, -0.2) is 10.2 Å². The first kappa shape index (κ1) is 11.7. The summed E-state index contributed by atoms with van der Waals surface area (Å²) in [6.45, 7) is 2.16. The fourth-order valence-electron chi connectivity index (χ4n) is 2.07. The Labute approximate surface area is 102 Å². The number of H-pyrrole nitrogens is 1. The molecule has 2 aromatic rings. The molecule has 0 atom stereocenters. The van der Waals surface area contributed by atoms with Crippen molar-refractivity contribution in [3.63, 3.8) is 0 Å². The van der Waals surface area contributed by atoms with Crippen LogP contribution in [0.4, 0.5) is 5.82 Å². The van der Waals surface area contributed by atoms with Crippen molar-refractivity contribution in [1.82, 2.24) is 10.2 Å². The lowest BCUT2D eigenvalue weighted by atomic mass is 10.0. The number of hydrogen-bond acceptors (Lipinski definition) is 2. The number of aromatic nitrogens is 2. The molecule has 3 N–H and O–H groups in total. The quantitative estimate of drug-likeness (QED) is 0.828. The van der Waals surface area contributed by atoms with Gasteiger partial charge in [0.1, 0.15) is 5.82 Å². The van der Waals surface area contributed by atoms with Crippen molar-refractivity contribution in [2.75, 3.05) is 5.73 Å². The van der Waals surface area contributed by atoms with E-state index in [9.17, 15) is 0 Å². The van der Waals surface area contributed by atoms with E-state index in [0.717, 1.165) is 25.7 Å². The van der Waals surface area contributed by atoms with E-state index in [0.29, 0.717) is 5.82 Å². The van der Waals surface area contributed by atoms with Crippen LogP contribution >= 0.6 is 0 Å². The monoisotopic (exact) mass is 229 g/mol. The standard InChI is InChI=1S/C14H19N3/c1-2-6-12-13(16-17-14(12)15)10-9-11-7-4-3-5-8-11/h3-5,7-8H,2,6,9-10H2,1H3,(H3,15,16,17). The predicted octanol–water partition coefficient (Wildman–Crippen LogP) is 2.73. The molecule has 0 bridgehead atoms. The maximum atomic E-state index is 5.85. The van der Waals surface area contributed by atoms with Gasteiger partial charge in [-0.2, -0.15) is 5.10 Å². The van der Waals surface area contributed by atoms with Gasteiger partial charge in [0.25, 0.3) is 0 Å². The molecule has 2 rings (SSSR count). The molecule has 0 saturated heterocycles. The van der Waals surface area contributed by atoms with E-state index >= 15 is 0 Å². The van der Waals surface area contributed by atoms with Gasteiger partial charge in [-0.25, -0.2) is 0 Å². The minimum absolute atomic E-state index is 0.662. The summed E-state index contributed by atoms with van der Waals surface area (Å²) in [4.78, 5) is 0. The highest BCUT2D eigenvalue weighted by Crippen LogP contribution is 2.17. The molecular formula is C14H19N3. The Morgan fingerprint density at radius 2 is 1.88 bits per heavy atom. The van der Waals surface area contributed by atoms with Crippen molar-refractivity contribution in [3.8, 4) is 0 Å². The van der Waals surface area contributed by atoms with Crippen LogP contribution in [0.1, 0.15) is 30.2 Å².